The van der Waals surface area contributed by atoms with Gasteiger partial charge in [-0.05, 0) is 30.7 Å². The van der Waals surface area contributed by atoms with Crippen LogP contribution in [0.5, 0.6) is 0 Å². The zero-order valence-electron chi connectivity index (χ0n) is 9.94. The van der Waals surface area contributed by atoms with E-state index in [9.17, 15) is 0 Å². The van der Waals surface area contributed by atoms with Gasteiger partial charge in [-0.3, -0.25) is 4.98 Å². The van der Waals surface area contributed by atoms with E-state index >= 15 is 0 Å². The number of benzene rings is 1. The highest BCUT2D eigenvalue weighted by Gasteiger charge is 2.06. The van der Waals surface area contributed by atoms with Crippen LogP contribution in [0.2, 0.25) is 5.02 Å². The number of anilines is 1. The number of hydrogen-bond acceptors (Lipinski definition) is 3. The quantitative estimate of drug-likeness (QED) is 0.915. The lowest BCUT2D eigenvalue weighted by atomic mass is 10.1. The molecule has 0 saturated carbocycles. The van der Waals surface area contributed by atoms with Gasteiger partial charge in [-0.15, -0.1) is 0 Å². The molecule has 0 aliphatic rings. The first kappa shape index (κ1) is 12.4. The Labute approximate surface area is 111 Å². The van der Waals surface area contributed by atoms with E-state index in [1.807, 2.05) is 31.2 Å². The van der Waals surface area contributed by atoms with Crippen LogP contribution in [-0.4, -0.2) is 4.98 Å². The number of aryl methyl sites for hydroxylation is 1. The highest BCUT2D eigenvalue weighted by Crippen LogP contribution is 2.23. The van der Waals surface area contributed by atoms with Crippen molar-refractivity contribution in [1.82, 2.24) is 4.98 Å². The molecule has 18 heavy (non-hydrogen) atoms. The van der Waals surface area contributed by atoms with Crippen LogP contribution in [0.1, 0.15) is 16.8 Å². The number of halogens is 1. The first-order valence-corrected chi connectivity index (χ1v) is 5.93. The lowest BCUT2D eigenvalue weighted by Crippen LogP contribution is -2.04. The molecule has 3 nitrogen and oxygen atoms in total. The minimum atomic E-state index is 0.459. The second-order valence-electron chi connectivity index (χ2n) is 3.89. The molecule has 0 bridgehead atoms. The van der Waals surface area contributed by atoms with Crippen molar-refractivity contribution in [3.63, 3.8) is 0 Å². The third-order valence-corrected chi connectivity index (χ3v) is 3.00. The van der Waals surface area contributed by atoms with E-state index in [-0.39, 0.29) is 0 Å². The molecule has 0 aliphatic carbocycles. The molecule has 0 aliphatic heterocycles. The van der Waals surface area contributed by atoms with Crippen LogP contribution in [0.25, 0.3) is 0 Å². The minimum absolute atomic E-state index is 0.459. The van der Waals surface area contributed by atoms with Crippen LogP contribution in [0.15, 0.2) is 36.5 Å². The molecule has 0 amide bonds. The van der Waals surface area contributed by atoms with E-state index in [4.69, 9.17) is 16.9 Å². The normalized spacial score (nSPS) is 9.83. The number of pyridine rings is 1. The zero-order chi connectivity index (χ0) is 13.0. The first-order valence-electron chi connectivity index (χ1n) is 5.55. The first-order chi connectivity index (χ1) is 8.72. The second-order valence-corrected chi connectivity index (χ2v) is 4.30. The molecule has 0 atom stereocenters. The van der Waals surface area contributed by atoms with Crippen LogP contribution in [-0.2, 0) is 6.54 Å². The lowest BCUT2D eigenvalue weighted by Gasteiger charge is -2.10. The van der Waals surface area contributed by atoms with Gasteiger partial charge in [-0.25, -0.2) is 0 Å². The Morgan fingerprint density at radius 3 is 2.89 bits per heavy atom. The Morgan fingerprint density at radius 2 is 2.17 bits per heavy atom. The molecule has 1 aromatic heterocycles. The maximum atomic E-state index is 9.06. The molecule has 0 unspecified atom stereocenters. The van der Waals surface area contributed by atoms with Crippen LogP contribution < -0.4 is 5.32 Å². The van der Waals surface area contributed by atoms with Gasteiger partial charge < -0.3 is 5.32 Å². The maximum absolute atomic E-state index is 9.06. The third kappa shape index (κ3) is 2.61. The monoisotopic (exact) mass is 257 g/mol. The molecule has 2 rings (SSSR count). The summed E-state index contributed by atoms with van der Waals surface area (Å²) in [5.74, 6) is 0. The summed E-state index contributed by atoms with van der Waals surface area (Å²) >= 11 is 5.96. The SMILES string of the molecule is Cc1cccnc1CNc1cccc(Cl)c1C#N. The van der Waals surface area contributed by atoms with Gasteiger partial charge in [0.1, 0.15) is 6.07 Å². The Kier molecular flexibility index (Phi) is 3.81. The van der Waals surface area contributed by atoms with E-state index in [1.165, 1.54) is 0 Å². The summed E-state index contributed by atoms with van der Waals surface area (Å²) in [7, 11) is 0. The molecule has 1 N–H and O–H groups in total. The number of rotatable bonds is 3. The molecular formula is C14H12ClN3. The smallest absolute Gasteiger partial charge is 0.103 e. The standard InChI is InChI=1S/C14H12ClN3/c1-10-4-3-7-17-14(10)9-18-13-6-2-5-12(15)11(13)8-16/h2-7,18H,9H2,1H3. The predicted octanol–water partition coefficient (Wildman–Crippen LogP) is 3.53. The fraction of sp³-hybridized carbons (Fsp3) is 0.143. The van der Waals surface area contributed by atoms with Crippen molar-refractivity contribution in [2.24, 2.45) is 0 Å². The number of aromatic nitrogens is 1. The number of hydrogen-bond donors (Lipinski definition) is 1. The van der Waals surface area contributed by atoms with Crippen LogP contribution in [0.4, 0.5) is 5.69 Å². The van der Waals surface area contributed by atoms with Gasteiger partial charge >= 0.3 is 0 Å². The molecule has 0 fully saturated rings. The van der Waals surface area contributed by atoms with Crippen molar-refractivity contribution in [1.29, 1.82) is 5.26 Å². The largest absolute Gasteiger partial charge is 0.378 e. The molecule has 90 valence electrons. The molecule has 0 radical (unpaired) electrons. The summed E-state index contributed by atoms with van der Waals surface area (Å²) < 4.78 is 0. The predicted molar refractivity (Wildman–Crippen MR) is 72.5 cm³/mol. The van der Waals surface area contributed by atoms with E-state index in [2.05, 4.69) is 16.4 Å². The molecule has 1 heterocycles. The highest BCUT2D eigenvalue weighted by atomic mass is 35.5. The van der Waals surface area contributed by atoms with Gasteiger partial charge in [-0.1, -0.05) is 23.7 Å². The zero-order valence-corrected chi connectivity index (χ0v) is 10.7. The lowest BCUT2D eigenvalue weighted by molar-refractivity contribution is 1.02. The maximum Gasteiger partial charge on any atom is 0.103 e. The summed E-state index contributed by atoms with van der Waals surface area (Å²) in [4.78, 5) is 4.29. The average molecular weight is 258 g/mol. The fourth-order valence-electron chi connectivity index (χ4n) is 1.67. The van der Waals surface area contributed by atoms with Crippen molar-refractivity contribution in [3.05, 3.63) is 58.4 Å². The van der Waals surface area contributed by atoms with Crippen molar-refractivity contribution < 1.29 is 0 Å². The van der Waals surface area contributed by atoms with Crippen LogP contribution in [0, 0.1) is 18.3 Å². The van der Waals surface area contributed by atoms with Gasteiger partial charge in [0, 0.05) is 6.20 Å². The summed E-state index contributed by atoms with van der Waals surface area (Å²) in [6.07, 6.45) is 1.76. The number of nitrogens with one attached hydrogen (secondary N) is 1. The summed E-state index contributed by atoms with van der Waals surface area (Å²) in [5, 5.41) is 12.7. The van der Waals surface area contributed by atoms with Gasteiger partial charge in [0.2, 0.25) is 0 Å². The van der Waals surface area contributed by atoms with E-state index < -0.39 is 0 Å². The second kappa shape index (κ2) is 5.52. The summed E-state index contributed by atoms with van der Waals surface area (Å²) in [6.45, 7) is 2.58. The molecule has 4 heteroatoms. The number of nitriles is 1. The molecule has 0 spiro atoms. The molecular weight excluding hydrogens is 246 g/mol. The minimum Gasteiger partial charge on any atom is -0.378 e. The van der Waals surface area contributed by atoms with Gasteiger partial charge in [0.25, 0.3) is 0 Å². The Hall–Kier alpha value is -2.05. The van der Waals surface area contributed by atoms with Gasteiger partial charge in [0.05, 0.1) is 28.5 Å². The van der Waals surface area contributed by atoms with Crippen molar-refractivity contribution in [2.75, 3.05) is 5.32 Å². The van der Waals surface area contributed by atoms with Gasteiger partial charge in [0.15, 0.2) is 0 Å². The van der Waals surface area contributed by atoms with Crippen LogP contribution >= 0.6 is 11.6 Å². The van der Waals surface area contributed by atoms with E-state index in [1.54, 1.807) is 12.3 Å². The van der Waals surface area contributed by atoms with Gasteiger partial charge in [-0.2, -0.15) is 5.26 Å². The third-order valence-electron chi connectivity index (χ3n) is 2.69. The van der Waals surface area contributed by atoms with E-state index in [0.29, 0.717) is 17.1 Å². The number of nitrogens with zero attached hydrogens (tertiary/aromatic N) is 2. The van der Waals surface area contributed by atoms with Crippen molar-refractivity contribution in [3.8, 4) is 6.07 Å². The van der Waals surface area contributed by atoms with Crippen molar-refractivity contribution >= 4 is 17.3 Å². The Morgan fingerprint density at radius 1 is 1.33 bits per heavy atom. The Bertz CT molecular complexity index is 602. The topological polar surface area (TPSA) is 48.7 Å². The summed E-state index contributed by atoms with van der Waals surface area (Å²) in [5.41, 5.74) is 3.27. The summed E-state index contributed by atoms with van der Waals surface area (Å²) in [6, 6.07) is 11.4. The molecule has 2 aromatic rings. The Balaban J connectivity index is 2.19. The molecule has 0 saturated heterocycles. The molecule has 1 aromatic carbocycles. The van der Waals surface area contributed by atoms with Crippen molar-refractivity contribution in [2.45, 2.75) is 13.5 Å². The van der Waals surface area contributed by atoms with Crippen LogP contribution in [0.3, 0.4) is 0 Å². The highest BCUT2D eigenvalue weighted by molar-refractivity contribution is 6.32. The average Bonchev–Trinajstić information content (AvgIpc) is 2.38. The fourth-order valence-corrected chi connectivity index (χ4v) is 1.88. The van der Waals surface area contributed by atoms with E-state index in [0.717, 1.165) is 16.9 Å².